The Bertz CT molecular complexity index is 646. The number of hydrogen-bond donors (Lipinski definition) is 0. The number of rotatable bonds is 5. The van der Waals surface area contributed by atoms with E-state index in [4.69, 9.17) is 4.42 Å². The molecule has 3 aromatic heterocycles. The van der Waals surface area contributed by atoms with Crippen LogP contribution in [0.3, 0.4) is 0 Å². The smallest absolute Gasteiger partial charge is 0.162 e. The van der Waals surface area contributed by atoms with Gasteiger partial charge in [0.2, 0.25) is 0 Å². The normalized spacial score (nSPS) is 11.0. The van der Waals surface area contributed by atoms with Crippen molar-refractivity contribution in [2.24, 2.45) is 0 Å². The summed E-state index contributed by atoms with van der Waals surface area (Å²) in [5, 5.41) is 12.0. The lowest BCUT2D eigenvalue weighted by atomic mass is 10.4. The highest BCUT2D eigenvalue weighted by Crippen LogP contribution is 2.24. The first-order valence-corrected chi connectivity index (χ1v) is 7.78. The summed E-state index contributed by atoms with van der Waals surface area (Å²) in [5.74, 6) is 0.801. The second-order valence-electron chi connectivity index (χ2n) is 3.97. The predicted molar refractivity (Wildman–Crippen MR) is 76.4 cm³/mol. The van der Waals surface area contributed by atoms with Crippen LogP contribution in [0.2, 0.25) is 0 Å². The van der Waals surface area contributed by atoms with Crippen LogP contribution >= 0.6 is 27.3 Å². The van der Waals surface area contributed by atoms with Gasteiger partial charge in [0.25, 0.3) is 0 Å². The summed E-state index contributed by atoms with van der Waals surface area (Å²) < 4.78 is 7.13. The molecule has 0 saturated carbocycles. The van der Waals surface area contributed by atoms with E-state index in [1.54, 1.807) is 22.3 Å². The minimum Gasteiger partial charge on any atom is -0.462 e. The maximum atomic E-state index is 5.33. The largest absolute Gasteiger partial charge is 0.462 e. The van der Waals surface area contributed by atoms with E-state index in [0.717, 1.165) is 33.9 Å². The van der Waals surface area contributed by atoms with E-state index in [0.29, 0.717) is 6.54 Å². The molecule has 98 valence electrons. The van der Waals surface area contributed by atoms with Gasteiger partial charge in [-0.25, -0.2) is 9.67 Å². The number of furan rings is 1. The molecule has 0 unspecified atom stereocenters. The van der Waals surface area contributed by atoms with Crippen LogP contribution in [0.5, 0.6) is 0 Å². The van der Waals surface area contributed by atoms with Crippen LogP contribution in [0, 0.1) is 0 Å². The number of hydrogen-bond acceptors (Lipinski definition) is 5. The van der Waals surface area contributed by atoms with Crippen LogP contribution in [-0.2, 0) is 13.0 Å². The highest BCUT2D eigenvalue weighted by Gasteiger charge is 2.08. The van der Waals surface area contributed by atoms with Crippen molar-refractivity contribution < 1.29 is 4.42 Å². The van der Waals surface area contributed by atoms with Crippen molar-refractivity contribution in [1.29, 1.82) is 0 Å². The molecule has 7 heteroatoms. The Kier molecular flexibility index (Phi) is 3.74. The fraction of sp³-hybridized carbons (Fsp3) is 0.250. The van der Waals surface area contributed by atoms with Crippen LogP contribution in [-0.4, -0.2) is 25.3 Å². The summed E-state index contributed by atoms with van der Waals surface area (Å²) in [6, 6.07) is 3.77. The Balaban J connectivity index is 1.72. The molecule has 0 radical (unpaired) electrons. The second kappa shape index (κ2) is 5.66. The van der Waals surface area contributed by atoms with Crippen molar-refractivity contribution in [1.82, 2.24) is 20.0 Å². The zero-order chi connectivity index (χ0) is 13.1. The summed E-state index contributed by atoms with van der Waals surface area (Å²) in [4.78, 5) is 4.53. The molecule has 0 aliphatic heterocycles. The molecule has 3 aromatic rings. The Morgan fingerprint density at radius 3 is 3.11 bits per heavy atom. The molecular weight excluding hydrogens is 328 g/mol. The Hall–Kier alpha value is -1.47. The number of thiazole rings is 1. The Labute approximate surface area is 122 Å². The fourth-order valence-corrected chi connectivity index (χ4v) is 2.87. The van der Waals surface area contributed by atoms with Gasteiger partial charge in [-0.2, -0.15) is 0 Å². The maximum absolute atomic E-state index is 5.33. The molecule has 0 aliphatic rings. The highest BCUT2D eigenvalue weighted by molar-refractivity contribution is 9.09. The third-order valence-electron chi connectivity index (χ3n) is 2.54. The quantitative estimate of drug-likeness (QED) is 0.671. The van der Waals surface area contributed by atoms with Crippen LogP contribution in [0.15, 0.2) is 34.4 Å². The van der Waals surface area contributed by atoms with E-state index in [9.17, 15) is 0 Å². The van der Waals surface area contributed by atoms with Gasteiger partial charge >= 0.3 is 0 Å². The van der Waals surface area contributed by atoms with Crippen molar-refractivity contribution in [3.63, 3.8) is 0 Å². The fourth-order valence-electron chi connectivity index (χ4n) is 1.69. The maximum Gasteiger partial charge on any atom is 0.162 e. The number of nitrogens with zero attached hydrogens (tertiary/aromatic N) is 4. The molecule has 0 aromatic carbocycles. The molecule has 0 saturated heterocycles. The Morgan fingerprint density at radius 2 is 2.32 bits per heavy atom. The summed E-state index contributed by atoms with van der Waals surface area (Å²) in [6.07, 6.45) is 4.49. The van der Waals surface area contributed by atoms with Gasteiger partial charge in [-0.15, -0.1) is 16.4 Å². The second-order valence-corrected chi connectivity index (χ2v) is 5.62. The van der Waals surface area contributed by atoms with Gasteiger partial charge in [-0.1, -0.05) is 21.1 Å². The molecule has 3 heterocycles. The monoisotopic (exact) mass is 338 g/mol. The third-order valence-corrected chi connectivity index (χ3v) is 3.85. The van der Waals surface area contributed by atoms with Crippen molar-refractivity contribution in [3.8, 4) is 10.8 Å². The average Bonchev–Trinajstić information content (AvgIpc) is 3.10. The number of aryl methyl sites for hydroxylation is 1. The lowest BCUT2D eigenvalue weighted by Crippen LogP contribution is -2.00. The minimum atomic E-state index is 0.631. The molecule has 0 atom stereocenters. The minimum absolute atomic E-state index is 0.631. The van der Waals surface area contributed by atoms with Gasteiger partial charge in [0, 0.05) is 23.3 Å². The van der Waals surface area contributed by atoms with E-state index in [-0.39, 0.29) is 0 Å². The van der Waals surface area contributed by atoms with Gasteiger partial charge < -0.3 is 4.42 Å². The lowest BCUT2D eigenvalue weighted by molar-refractivity contribution is 0.581. The van der Waals surface area contributed by atoms with E-state index in [2.05, 4.69) is 31.2 Å². The average molecular weight is 339 g/mol. The summed E-state index contributed by atoms with van der Waals surface area (Å²) >= 11 is 4.96. The molecule has 0 fully saturated rings. The van der Waals surface area contributed by atoms with E-state index >= 15 is 0 Å². The molecule has 3 rings (SSSR count). The third kappa shape index (κ3) is 2.93. The molecule has 0 amide bonds. The highest BCUT2D eigenvalue weighted by atomic mass is 79.9. The first-order chi connectivity index (χ1) is 9.35. The zero-order valence-electron chi connectivity index (χ0n) is 9.99. The van der Waals surface area contributed by atoms with Gasteiger partial charge in [-0.05, 0) is 12.1 Å². The Morgan fingerprint density at radius 1 is 1.37 bits per heavy atom. The number of halogens is 1. The molecule has 19 heavy (non-hydrogen) atoms. The summed E-state index contributed by atoms with van der Waals surface area (Å²) in [7, 11) is 0. The van der Waals surface area contributed by atoms with Gasteiger partial charge in [0.05, 0.1) is 24.2 Å². The predicted octanol–water partition coefficient (Wildman–Crippen LogP) is 2.98. The standard InChI is InChI=1S/C12H11BrN4OS/c13-4-3-9-6-17(16-15-9)7-10-8-19-12(14-10)11-2-1-5-18-11/h1-2,5-6,8H,3-4,7H2. The van der Waals surface area contributed by atoms with Gasteiger partial charge in [0.15, 0.2) is 10.8 Å². The number of alkyl halides is 1. The van der Waals surface area contributed by atoms with Crippen LogP contribution in [0.1, 0.15) is 11.4 Å². The zero-order valence-corrected chi connectivity index (χ0v) is 12.4. The summed E-state index contributed by atoms with van der Waals surface area (Å²) in [5.41, 5.74) is 1.95. The number of aromatic nitrogens is 4. The molecular formula is C12H11BrN4OS. The van der Waals surface area contributed by atoms with Crippen molar-refractivity contribution in [2.75, 3.05) is 5.33 Å². The van der Waals surface area contributed by atoms with Crippen molar-refractivity contribution in [2.45, 2.75) is 13.0 Å². The van der Waals surface area contributed by atoms with Crippen molar-refractivity contribution in [3.05, 3.63) is 41.4 Å². The van der Waals surface area contributed by atoms with E-state index < -0.39 is 0 Å². The molecule has 5 nitrogen and oxygen atoms in total. The SMILES string of the molecule is BrCCc1cn(Cc2csc(-c3ccco3)n2)nn1. The van der Waals surface area contributed by atoms with E-state index in [1.165, 1.54) is 0 Å². The summed E-state index contributed by atoms with van der Waals surface area (Å²) in [6.45, 7) is 0.631. The lowest BCUT2D eigenvalue weighted by Gasteiger charge is -1.94. The molecule has 0 spiro atoms. The van der Waals surface area contributed by atoms with Gasteiger partial charge in [0.1, 0.15) is 0 Å². The van der Waals surface area contributed by atoms with Crippen LogP contribution < -0.4 is 0 Å². The molecule has 0 N–H and O–H groups in total. The first-order valence-electron chi connectivity index (χ1n) is 5.78. The molecule has 0 bridgehead atoms. The van der Waals surface area contributed by atoms with E-state index in [1.807, 2.05) is 23.7 Å². The van der Waals surface area contributed by atoms with Crippen molar-refractivity contribution >= 4 is 27.3 Å². The van der Waals surface area contributed by atoms with Gasteiger partial charge in [-0.3, -0.25) is 0 Å². The topological polar surface area (TPSA) is 56.7 Å². The van der Waals surface area contributed by atoms with Crippen LogP contribution in [0.4, 0.5) is 0 Å². The van der Waals surface area contributed by atoms with Crippen LogP contribution in [0.25, 0.3) is 10.8 Å². The first kappa shape index (κ1) is 12.6. The molecule has 0 aliphatic carbocycles.